The molecule has 11 rings (SSSR count). The van der Waals surface area contributed by atoms with Crippen molar-refractivity contribution in [1.82, 2.24) is 4.57 Å². The number of nitrogens with zero attached hydrogens (tertiary/aromatic N) is 3. The molecule has 0 fully saturated rings. The van der Waals surface area contributed by atoms with Crippen LogP contribution in [0.25, 0.3) is 72.4 Å². The van der Waals surface area contributed by atoms with Crippen molar-refractivity contribution in [2.75, 3.05) is 0 Å². The first kappa shape index (κ1) is 34.2. The molecule has 9 aromatic rings. The van der Waals surface area contributed by atoms with E-state index in [4.69, 9.17) is 4.42 Å². The molecular weight excluding hydrogens is 711 g/mol. The van der Waals surface area contributed by atoms with Crippen LogP contribution < -0.4 is 14.3 Å². The molecule has 5 heteroatoms. The van der Waals surface area contributed by atoms with Crippen molar-refractivity contribution in [1.29, 1.82) is 0 Å². The van der Waals surface area contributed by atoms with Crippen LogP contribution >= 0.6 is 0 Å². The number of imidazole rings is 1. The maximum absolute atomic E-state index is 7.04. The Morgan fingerprint density at radius 1 is 0.702 bits per heavy atom. The van der Waals surface area contributed by atoms with Gasteiger partial charge in [0.2, 0.25) is 5.69 Å². The standard InChI is InChI=1S/C52H47N3OSi/c1-33-21-26-40-42(29-33)52(53-32-47(57(5,6)7)36(30-45(40)53)31-51(2,3)4)41-28-27-39-38-17-11-14-20-46(38)56-49(39)48(41)50-54(43-18-12-13-19-44(43)55(50)52)37-24-22-35(23-25-37)34-15-9-8-10-16-34/h8-30,32H,31H2,1-7H3/q+2. The Balaban J connectivity index is 1.32. The fourth-order valence-corrected chi connectivity index (χ4v) is 11.7. The summed E-state index contributed by atoms with van der Waals surface area (Å²) in [6, 6.07) is 51.6. The normalized spacial score (nSPS) is 15.8. The number of fused-ring (bicyclic) bond motifs is 16. The van der Waals surface area contributed by atoms with Crippen LogP contribution in [-0.2, 0) is 12.1 Å². The summed E-state index contributed by atoms with van der Waals surface area (Å²) in [5, 5.41) is 3.80. The quantitative estimate of drug-likeness (QED) is 0.130. The van der Waals surface area contributed by atoms with Gasteiger partial charge in [-0.2, -0.15) is 4.57 Å². The van der Waals surface area contributed by atoms with Crippen LogP contribution in [-0.4, -0.2) is 12.6 Å². The van der Waals surface area contributed by atoms with Crippen molar-refractivity contribution in [2.45, 2.75) is 59.4 Å². The molecule has 5 heterocycles. The Labute approximate surface area is 335 Å². The highest BCUT2D eigenvalue weighted by Crippen LogP contribution is 2.52. The molecule has 1 unspecified atom stereocenters. The van der Waals surface area contributed by atoms with Crippen molar-refractivity contribution >= 4 is 46.2 Å². The number of aromatic nitrogens is 3. The zero-order valence-corrected chi connectivity index (χ0v) is 34.8. The summed E-state index contributed by atoms with van der Waals surface area (Å²) in [6.07, 6.45) is 3.61. The second-order valence-corrected chi connectivity index (χ2v) is 23.6. The lowest BCUT2D eigenvalue weighted by Crippen LogP contribution is -2.72. The van der Waals surface area contributed by atoms with Crippen molar-refractivity contribution < 1.29 is 13.6 Å². The second-order valence-electron chi connectivity index (χ2n) is 18.5. The zero-order chi connectivity index (χ0) is 39.0. The van der Waals surface area contributed by atoms with Crippen molar-refractivity contribution in [3.8, 4) is 39.5 Å². The Morgan fingerprint density at radius 2 is 1.42 bits per heavy atom. The van der Waals surface area contributed by atoms with E-state index < -0.39 is 13.7 Å². The molecule has 2 aliphatic heterocycles. The summed E-state index contributed by atoms with van der Waals surface area (Å²) >= 11 is 0. The minimum absolute atomic E-state index is 0.151. The maximum Gasteiger partial charge on any atom is 0.364 e. The number of para-hydroxylation sites is 3. The van der Waals surface area contributed by atoms with E-state index in [2.05, 4.69) is 207 Å². The number of pyridine rings is 1. The van der Waals surface area contributed by atoms with Gasteiger partial charge in [0.05, 0.1) is 24.8 Å². The number of aryl methyl sites for hydroxylation is 1. The smallest absolute Gasteiger partial charge is 0.364 e. The molecular formula is C52H47N3OSi+2. The van der Waals surface area contributed by atoms with Gasteiger partial charge in [0.25, 0.3) is 0 Å². The van der Waals surface area contributed by atoms with Crippen LogP contribution in [0.15, 0.2) is 150 Å². The van der Waals surface area contributed by atoms with Gasteiger partial charge in [-0.3, -0.25) is 0 Å². The third kappa shape index (κ3) is 4.78. The zero-order valence-electron chi connectivity index (χ0n) is 33.8. The van der Waals surface area contributed by atoms with Gasteiger partial charge in [-0.15, -0.1) is 9.13 Å². The summed E-state index contributed by atoms with van der Waals surface area (Å²) in [6.45, 7) is 16.9. The van der Waals surface area contributed by atoms with Gasteiger partial charge in [-0.05, 0) is 90.0 Å². The Bertz CT molecular complexity index is 3120. The molecule has 1 spiro atoms. The summed E-state index contributed by atoms with van der Waals surface area (Å²) in [7, 11) is -1.84. The molecule has 0 bridgehead atoms. The third-order valence-corrected chi connectivity index (χ3v) is 14.4. The molecule has 57 heavy (non-hydrogen) atoms. The molecule has 6 aromatic carbocycles. The van der Waals surface area contributed by atoms with E-state index in [-0.39, 0.29) is 5.41 Å². The predicted molar refractivity (Wildman–Crippen MR) is 236 cm³/mol. The summed E-state index contributed by atoms with van der Waals surface area (Å²) in [5.74, 6) is 1.13. The van der Waals surface area contributed by atoms with Crippen LogP contribution in [0.3, 0.4) is 0 Å². The van der Waals surface area contributed by atoms with E-state index in [9.17, 15) is 0 Å². The van der Waals surface area contributed by atoms with E-state index in [1.165, 1.54) is 55.3 Å². The van der Waals surface area contributed by atoms with E-state index in [1.54, 1.807) is 0 Å². The molecule has 0 N–H and O–H groups in total. The Kier molecular flexibility index (Phi) is 7.05. The van der Waals surface area contributed by atoms with E-state index in [0.29, 0.717) is 0 Å². The lowest BCUT2D eigenvalue weighted by Gasteiger charge is -2.26. The molecule has 1 atom stereocenters. The van der Waals surface area contributed by atoms with Crippen molar-refractivity contribution in [2.24, 2.45) is 5.41 Å². The molecule has 278 valence electrons. The first-order valence-corrected chi connectivity index (χ1v) is 23.8. The lowest BCUT2D eigenvalue weighted by atomic mass is 9.87. The third-order valence-electron chi connectivity index (χ3n) is 12.4. The van der Waals surface area contributed by atoms with E-state index >= 15 is 0 Å². The second kappa shape index (κ2) is 11.7. The largest absolute Gasteiger partial charge is 0.455 e. The number of furan rings is 1. The number of rotatable bonds is 4. The van der Waals surface area contributed by atoms with Gasteiger partial charge in [0.1, 0.15) is 16.8 Å². The molecule has 4 nitrogen and oxygen atoms in total. The average molecular weight is 758 g/mol. The number of benzene rings is 6. The van der Waals surface area contributed by atoms with Crippen molar-refractivity contribution in [3.05, 3.63) is 168 Å². The van der Waals surface area contributed by atoms with Gasteiger partial charge in [0.15, 0.2) is 22.8 Å². The fourth-order valence-electron chi connectivity index (χ4n) is 10.1. The molecule has 0 saturated carbocycles. The molecule has 0 aliphatic carbocycles. The maximum atomic E-state index is 7.04. The van der Waals surface area contributed by atoms with Gasteiger partial charge in [-0.25, -0.2) is 0 Å². The van der Waals surface area contributed by atoms with Crippen LogP contribution in [0.4, 0.5) is 0 Å². The first-order valence-electron chi connectivity index (χ1n) is 20.3. The van der Waals surface area contributed by atoms with Gasteiger partial charge >= 0.3 is 11.5 Å². The summed E-state index contributed by atoms with van der Waals surface area (Å²) < 4.78 is 14.9. The monoisotopic (exact) mass is 757 g/mol. The Hall–Kier alpha value is -6.04. The molecule has 2 aliphatic rings. The van der Waals surface area contributed by atoms with E-state index in [0.717, 1.165) is 51.0 Å². The minimum atomic E-state index is -1.84. The van der Waals surface area contributed by atoms with Crippen LogP contribution in [0.1, 0.15) is 43.0 Å². The van der Waals surface area contributed by atoms with Gasteiger partial charge in [0, 0.05) is 22.0 Å². The molecule has 0 saturated heterocycles. The minimum Gasteiger partial charge on any atom is -0.455 e. The van der Waals surface area contributed by atoms with Crippen LogP contribution in [0, 0.1) is 12.3 Å². The predicted octanol–water partition coefficient (Wildman–Crippen LogP) is 11.5. The summed E-state index contributed by atoms with van der Waals surface area (Å²) in [5.41, 5.74) is 16.1. The van der Waals surface area contributed by atoms with Crippen LogP contribution in [0.5, 0.6) is 0 Å². The molecule has 0 amide bonds. The average Bonchev–Trinajstić information content (AvgIpc) is 3.90. The first-order chi connectivity index (χ1) is 27.4. The van der Waals surface area contributed by atoms with Crippen LogP contribution in [0.2, 0.25) is 19.6 Å². The van der Waals surface area contributed by atoms with E-state index in [1.807, 2.05) is 0 Å². The van der Waals surface area contributed by atoms with Gasteiger partial charge < -0.3 is 4.42 Å². The highest BCUT2D eigenvalue weighted by Gasteiger charge is 2.67. The lowest BCUT2D eigenvalue weighted by molar-refractivity contribution is -0.944. The fraction of sp³-hybridized carbons (Fsp3) is 0.192. The SMILES string of the molecule is Cc1ccc2c(c1)C1(c3ccc4c(oc5ccccc54)c3-c3n(-c4ccc(-c5ccccc5)cc4)c4ccccc4[n+]31)[n+]1cc([Si](C)(C)C)c(CC(C)(C)C)cc1-2. The molecule has 0 radical (unpaired) electrons. The highest BCUT2D eigenvalue weighted by atomic mass is 28.3. The van der Waals surface area contributed by atoms with Gasteiger partial charge in [-0.1, -0.05) is 125 Å². The number of hydrogen-bond acceptors (Lipinski definition) is 1. The highest BCUT2D eigenvalue weighted by molar-refractivity contribution is 6.89. The summed E-state index contributed by atoms with van der Waals surface area (Å²) in [4.78, 5) is 0. The number of hydrogen-bond donors (Lipinski definition) is 0. The van der Waals surface area contributed by atoms with Crippen molar-refractivity contribution in [3.63, 3.8) is 0 Å². The molecule has 3 aromatic heterocycles. The Morgan fingerprint density at radius 3 is 2.19 bits per heavy atom. The topological polar surface area (TPSA) is 25.8 Å².